The van der Waals surface area contributed by atoms with Crippen molar-refractivity contribution in [1.29, 1.82) is 0 Å². The van der Waals surface area contributed by atoms with Crippen LogP contribution in [0, 0.1) is 0 Å². The topological polar surface area (TPSA) is 166 Å². The highest BCUT2D eigenvalue weighted by Gasteiger charge is 2.25. The maximum absolute atomic E-state index is 11.7. The van der Waals surface area contributed by atoms with Crippen molar-refractivity contribution in [3.8, 4) is 11.6 Å². The van der Waals surface area contributed by atoms with Gasteiger partial charge in [-0.2, -0.15) is 4.98 Å². The van der Waals surface area contributed by atoms with Gasteiger partial charge in [-0.15, -0.1) is 0 Å². The molecule has 2 atom stereocenters. The van der Waals surface area contributed by atoms with Crippen molar-refractivity contribution in [1.82, 2.24) is 30.7 Å². The average Bonchev–Trinajstić information content (AvgIpc) is 3.23. The number of fused-ring (bicyclic) bond motifs is 1. The maximum Gasteiger partial charge on any atom is 0.328 e. The van der Waals surface area contributed by atoms with E-state index in [4.69, 9.17) is 9.63 Å². The molecule has 0 bridgehead atoms. The minimum Gasteiger partial charge on any atom is -0.480 e. The molecule has 0 aliphatic heterocycles. The van der Waals surface area contributed by atoms with Gasteiger partial charge in [-0.25, -0.2) is 14.6 Å². The van der Waals surface area contributed by atoms with E-state index in [1.165, 1.54) is 6.92 Å². The number of benzene rings is 1. The summed E-state index contributed by atoms with van der Waals surface area (Å²) in [5.74, 6) is -0.587. The summed E-state index contributed by atoms with van der Waals surface area (Å²) in [4.78, 5) is 34.2. The number of hydrogen-bond donors (Lipinski definition) is 5. The molecule has 11 heteroatoms. The van der Waals surface area contributed by atoms with Crippen LogP contribution in [-0.2, 0) is 11.3 Å². The zero-order valence-electron chi connectivity index (χ0n) is 13.6. The first-order valence-electron chi connectivity index (χ1n) is 7.67. The monoisotopic (exact) mass is 360 g/mol. The van der Waals surface area contributed by atoms with Crippen LogP contribution in [0.2, 0.25) is 0 Å². The third kappa shape index (κ3) is 3.78. The number of aromatic nitrogens is 4. The van der Waals surface area contributed by atoms with Crippen molar-refractivity contribution in [3.05, 3.63) is 30.2 Å². The molecular formula is C15H16N6O5. The molecule has 1 aromatic carbocycles. The summed E-state index contributed by atoms with van der Waals surface area (Å²) in [6, 6.07) is 5.20. The van der Waals surface area contributed by atoms with Crippen molar-refractivity contribution in [2.45, 2.75) is 25.6 Å². The Morgan fingerprint density at radius 3 is 2.77 bits per heavy atom. The molecule has 0 aliphatic rings. The molecule has 2 unspecified atom stereocenters. The summed E-state index contributed by atoms with van der Waals surface area (Å²) in [6.45, 7) is 1.14. The molecule has 2 aromatic heterocycles. The van der Waals surface area contributed by atoms with Gasteiger partial charge >= 0.3 is 12.0 Å². The molecule has 2 amide bonds. The summed E-state index contributed by atoms with van der Waals surface area (Å²) < 4.78 is 5.04. The third-order valence-electron chi connectivity index (χ3n) is 3.50. The van der Waals surface area contributed by atoms with Crippen molar-refractivity contribution < 1.29 is 24.3 Å². The van der Waals surface area contributed by atoms with Crippen molar-refractivity contribution >= 4 is 23.0 Å². The van der Waals surface area contributed by atoms with Crippen LogP contribution in [0.4, 0.5) is 4.79 Å². The van der Waals surface area contributed by atoms with Gasteiger partial charge in [0.05, 0.1) is 23.7 Å². The summed E-state index contributed by atoms with van der Waals surface area (Å²) in [7, 11) is 0. The smallest absolute Gasteiger partial charge is 0.328 e. The highest BCUT2D eigenvalue weighted by molar-refractivity contribution is 5.83. The number of nitrogens with one attached hydrogen (secondary N) is 3. The molecule has 0 spiro atoms. The molecule has 11 nitrogen and oxygen atoms in total. The van der Waals surface area contributed by atoms with Gasteiger partial charge in [0.25, 0.3) is 0 Å². The number of imidazole rings is 1. The van der Waals surface area contributed by atoms with Crippen LogP contribution in [0.3, 0.4) is 0 Å². The molecule has 136 valence electrons. The summed E-state index contributed by atoms with van der Waals surface area (Å²) in [5.41, 5.74) is 1.58. The van der Waals surface area contributed by atoms with Gasteiger partial charge in [-0.3, -0.25) is 0 Å². The lowest BCUT2D eigenvalue weighted by atomic mass is 10.2. The number of amides is 2. The van der Waals surface area contributed by atoms with Crippen LogP contribution in [0.25, 0.3) is 22.7 Å². The van der Waals surface area contributed by atoms with E-state index >= 15 is 0 Å². The summed E-state index contributed by atoms with van der Waals surface area (Å²) >= 11 is 0. The second-order valence-electron chi connectivity index (χ2n) is 5.50. The Morgan fingerprint density at radius 1 is 1.31 bits per heavy atom. The van der Waals surface area contributed by atoms with E-state index in [0.29, 0.717) is 5.82 Å². The quantitative estimate of drug-likeness (QED) is 0.417. The minimum atomic E-state index is -1.43. The van der Waals surface area contributed by atoms with Gasteiger partial charge in [0.2, 0.25) is 11.7 Å². The van der Waals surface area contributed by atoms with Crippen molar-refractivity contribution in [3.63, 3.8) is 0 Å². The molecule has 0 saturated carbocycles. The number of hydrogen-bond acceptors (Lipinski definition) is 7. The lowest BCUT2D eigenvalue weighted by Gasteiger charge is -2.16. The minimum absolute atomic E-state index is 0.111. The highest BCUT2D eigenvalue weighted by Crippen LogP contribution is 2.17. The van der Waals surface area contributed by atoms with E-state index in [0.717, 1.165) is 11.0 Å². The Hall–Kier alpha value is -3.47. The fourth-order valence-corrected chi connectivity index (χ4v) is 2.22. The van der Waals surface area contributed by atoms with Crippen LogP contribution in [0.1, 0.15) is 12.8 Å². The Labute approximate surface area is 146 Å². The van der Waals surface area contributed by atoms with Gasteiger partial charge in [-0.1, -0.05) is 17.3 Å². The molecule has 0 saturated heterocycles. The first-order chi connectivity index (χ1) is 12.4. The normalized spacial score (nSPS) is 13.3. The lowest BCUT2D eigenvalue weighted by molar-refractivity contribution is -0.141. The Morgan fingerprint density at radius 2 is 2.08 bits per heavy atom. The first kappa shape index (κ1) is 17.4. The zero-order chi connectivity index (χ0) is 18.7. The SMILES string of the molecule is CC(O)C(NC(=O)NCc1nc(-c2nc3ccccc3[nH]2)no1)C(=O)O. The number of aromatic amines is 1. The number of aliphatic carboxylic acids is 1. The number of carboxylic acids is 1. The van der Waals surface area contributed by atoms with Crippen LogP contribution in [-0.4, -0.2) is 54.5 Å². The number of carbonyl (C=O) groups is 2. The second-order valence-corrected chi connectivity index (χ2v) is 5.50. The number of carboxylic acid groups (broad SMARTS) is 1. The molecule has 2 heterocycles. The fraction of sp³-hybridized carbons (Fsp3) is 0.267. The lowest BCUT2D eigenvalue weighted by Crippen LogP contribution is -2.51. The van der Waals surface area contributed by atoms with E-state index in [2.05, 4.69) is 30.7 Å². The van der Waals surface area contributed by atoms with E-state index in [1.54, 1.807) is 0 Å². The number of carbonyl (C=O) groups excluding carboxylic acids is 1. The fourth-order valence-electron chi connectivity index (χ4n) is 2.22. The number of aliphatic hydroxyl groups is 1. The Balaban J connectivity index is 1.61. The molecule has 5 N–H and O–H groups in total. The zero-order valence-corrected chi connectivity index (χ0v) is 13.6. The van der Waals surface area contributed by atoms with Crippen LogP contribution in [0.5, 0.6) is 0 Å². The summed E-state index contributed by atoms with van der Waals surface area (Å²) in [5, 5.41) is 26.5. The van der Waals surface area contributed by atoms with Gasteiger partial charge < -0.3 is 30.4 Å². The number of para-hydroxylation sites is 2. The Bertz CT molecular complexity index is 900. The molecule has 3 rings (SSSR count). The molecule has 3 aromatic rings. The average molecular weight is 360 g/mol. The first-order valence-corrected chi connectivity index (χ1v) is 7.67. The molecular weight excluding hydrogens is 344 g/mol. The van der Waals surface area contributed by atoms with Crippen LogP contribution < -0.4 is 10.6 Å². The number of H-pyrrole nitrogens is 1. The Kier molecular flexibility index (Phi) is 4.80. The van der Waals surface area contributed by atoms with E-state index < -0.39 is 24.1 Å². The number of rotatable bonds is 6. The predicted molar refractivity (Wildman–Crippen MR) is 87.9 cm³/mol. The van der Waals surface area contributed by atoms with E-state index in [-0.39, 0.29) is 18.3 Å². The van der Waals surface area contributed by atoms with Gasteiger partial charge in [0, 0.05) is 0 Å². The second kappa shape index (κ2) is 7.19. The van der Waals surface area contributed by atoms with E-state index in [1.807, 2.05) is 24.3 Å². The molecule has 0 fully saturated rings. The largest absolute Gasteiger partial charge is 0.480 e. The number of nitrogens with zero attached hydrogens (tertiary/aromatic N) is 3. The predicted octanol–water partition coefficient (Wildman–Crippen LogP) is 0.246. The van der Waals surface area contributed by atoms with Gasteiger partial charge in [0.15, 0.2) is 11.9 Å². The van der Waals surface area contributed by atoms with Crippen molar-refractivity contribution in [2.75, 3.05) is 0 Å². The standard InChI is InChI=1S/C15H16N6O5/c1-7(22)11(14(23)24)20-15(25)16-6-10-19-13(21-26-10)12-17-8-4-2-3-5-9(8)18-12/h2-5,7,11,22H,6H2,1H3,(H,17,18)(H,23,24)(H2,16,20,25). The number of aliphatic hydroxyl groups excluding tert-OH is 1. The van der Waals surface area contributed by atoms with Crippen LogP contribution in [0.15, 0.2) is 28.8 Å². The van der Waals surface area contributed by atoms with Gasteiger partial charge in [-0.05, 0) is 19.1 Å². The van der Waals surface area contributed by atoms with Gasteiger partial charge in [0.1, 0.15) is 0 Å². The summed E-state index contributed by atoms with van der Waals surface area (Å²) in [6.07, 6.45) is -1.25. The van der Waals surface area contributed by atoms with Crippen LogP contribution >= 0.6 is 0 Å². The third-order valence-corrected chi connectivity index (χ3v) is 3.50. The maximum atomic E-state index is 11.7. The molecule has 26 heavy (non-hydrogen) atoms. The highest BCUT2D eigenvalue weighted by atomic mass is 16.5. The number of urea groups is 1. The molecule has 0 aliphatic carbocycles. The van der Waals surface area contributed by atoms with E-state index in [9.17, 15) is 14.7 Å². The van der Waals surface area contributed by atoms with Crippen molar-refractivity contribution in [2.24, 2.45) is 0 Å². The molecule has 0 radical (unpaired) electrons.